The van der Waals surface area contributed by atoms with Crippen molar-refractivity contribution < 1.29 is 9.47 Å². The Morgan fingerprint density at radius 3 is 2.57 bits per heavy atom. The summed E-state index contributed by atoms with van der Waals surface area (Å²) in [7, 11) is 1.67. The van der Waals surface area contributed by atoms with Crippen molar-refractivity contribution in [3.05, 3.63) is 27.7 Å². The molecule has 0 unspecified atom stereocenters. The zero-order chi connectivity index (χ0) is 15.8. The van der Waals surface area contributed by atoms with E-state index in [9.17, 15) is 0 Å². The molecular formula is C17H26BrNO2. The first-order valence-corrected chi connectivity index (χ1v) is 8.24. The molecule has 0 saturated heterocycles. The van der Waals surface area contributed by atoms with Gasteiger partial charge in [0.05, 0.1) is 18.2 Å². The van der Waals surface area contributed by atoms with Crippen LogP contribution in [0.5, 0.6) is 11.5 Å². The maximum atomic E-state index is 5.63. The quantitative estimate of drug-likeness (QED) is 0.744. The number of likely N-dealkylation sites (N-methyl/N-ethyl adjacent to an activating group) is 1. The molecule has 0 fully saturated rings. The lowest BCUT2D eigenvalue weighted by Gasteiger charge is -2.15. The predicted octanol–water partition coefficient (Wildman–Crippen LogP) is 4.51. The first-order chi connectivity index (χ1) is 10.0. The first kappa shape index (κ1) is 18.1. The molecule has 1 aromatic rings. The largest absolute Gasteiger partial charge is 0.493 e. The van der Waals surface area contributed by atoms with Crippen molar-refractivity contribution >= 4 is 22.0 Å². The van der Waals surface area contributed by atoms with Crippen molar-refractivity contribution in [3.8, 4) is 11.5 Å². The van der Waals surface area contributed by atoms with Crippen LogP contribution in [0.25, 0.3) is 6.08 Å². The van der Waals surface area contributed by atoms with E-state index in [1.165, 1.54) is 5.57 Å². The van der Waals surface area contributed by atoms with Crippen LogP contribution in [0.15, 0.2) is 22.2 Å². The zero-order valence-electron chi connectivity index (χ0n) is 13.6. The summed E-state index contributed by atoms with van der Waals surface area (Å²) in [5, 5.41) is 3.39. The lowest BCUT2D eigenvalue weighted by Crippen LogP contribution is -2.18. The van der Waals surface area contributed by atoms with Gasteiger partial charge in [-0.05, 0) is 53.0 Å². The molecule has 1 aromatic carbocycles. The highest BCUT2D eigenvalue weighted by atomic mass is 79.9. The molecule has 1 rings (SSSR count). The van der Waals surface area contributed by atoms with Crippen molar-refractivity contribution in [1.82, 2.24) is 5.32 Å². The molecule has 21 heavy (non-hydrogen) atoms. The van der Waals surface area contributed by atoms with Gasteiger partial charge in [0.15, 0.2) is 11.5 Å². The first-order valence-electron chi connectivity index (χ1n) is 7.44. The molecule has 0 amide bonds. The summed E-state index contributed by atoms with van der Waals surface area (Å²) < 4.78 is 12.0. The average molecular weight is 356 g/mol. The van der Waals surface area contributed by atoms with Crippen molar-refractivity contribution in [2.75, 3.05) is 26.8 Å². The maximum Gasteiger partial charge on any atom is 0.175 e. The van der Waals surface area contributed by atoms with Crippen LogP contribution >= 0.6 is 15.9 Å². The summed E-state index contributed by atoms with van der Waals surface area (Å²) in [6, 6.07) is 4.09. The summed E-state index contributed by atoms with van der Waals surface area (Å²) in [5.74, 6) is 2.01. The van der Waals surface area contributed by atoms with Crippen LogP contribution in [0, 0.1) is 5.92 Å². The number of methoxy groups -OCH3 is 1. The van der Waals surface area contributed by atoms with Crippen LogP contribution in [0.1, 0.15) is 33.3 Å². The van der Waals surface area contributed by atoms with Crippen molar-refractivity contribution in [2.45, 2.75) is 27.7 Å². The highest BCUT2D eigenvalue weighted by Gasteiger charge is 2.11. The minimum Gasteiger partial charge on any atom is -0.493 e. The van der Waals surface area contributed by atoms with Gasteiger partial charge in [-0.3, -0.25) is 0 Å². The van der Waals surface area contributed by atoms with Crippen LogP contribution in [-0.2, 0) is 0 Å². The smallest absolute Gasteiger partial charge is 0.175 e. The lowest BCUT2D eigenvalue weighted by molar-refractivity contribution is 0.309. The molecule has 0 spiro atoms. The Morgan fingerprint density at radius 1 is 1.33 bits per heavy atom. The molecule has 0 saturated carbocycles. The third-order valence-corrected chi connectivity index (χ3v) is 3.80. The molecule has 0 heterocycles. The van der Waals surface area contributed by atoms with E-state index in [2.05, 4.69) is 54.2 Å². The average Bonchev–Trinajstić information content (AvgIpc) is 2.45. The number of nitrogens with one attached hydrogen (secondary N) is 1. The molecule has 0 bridgehead atoms. The number of rotatable bonds is 8. The normalized spacial score (nSPS) is 11.9. The lowest BCUT2D eigenvalue weighted by atomic mass is 10.00. The maximum absolute atomic E-state index is 5.63. The van der Waals surface area contributed by atoms with Gasteiger partial charge < -0.3 is 14.8 Å². The van der Waals surface area contributed by atoms with Gasteiger partial charge in [0.1, 0.15) is 0 Å². The minimum atomic E-state index is 0.500. The van der Waals surface area contributed by atoms with E-state index in [1.807, 2.05) is 13.0 Å². The molecule has 0 radical (unpaired) electrons. The summed E-state index contributed by atoms with van der Waals surface area (Å²) in [6.45, 7) is 11.0. The second kappa shape index (κ2) is 9.11. The monoisotopic (exact) mass is 355 g/mol. The van der Waals surface area contributed by atoms with Crippen LogP contribution in [0.3, 0.4) is 0 Å². The molecule has 0 atom stereocenters. The Hall–Kier alpha value is -1.00. The van der Waals surface area contributed by atoms with E-state index in [0.29, 0.717) is 12.5 Å². The Labute approximate surface area is 136 Å². The molecule has 0 aliphatic heterocycles. The van der Waals surface area contributed by atoms with E-state index < -0.39 is 0 Å². The summed E-state index contributed by atoms with van der Waals surface area (Å²) in [6.07, 6.45) is 2.22. The van der Waals surface area contributed by atoms with Gasteiger partial charge in [-0.15, -0.1) is 0 Å². The van der Waals surface area contributed by atoms with Crippen LogP contribution in [0.2, 0.25) is 0 Å². The third kappa shape index (κ3) is 5.36. The fourth-order valence-corrected chi connectivity index (χ4v) is 2.59. The third-order valence-electron chi connectivity index (χ3n) is 3.21. The molecular weight excluding hydrogens is 330 g/mol. The zero-order valence-corrected chi connectivity index (χ0v) is 15.2. The number of hydrogen-bond donors (Lipinski definition) is 1. The number of halogens is 1. The Balaban J connectivity index is 3.14. The number of hydrogen-bond acceptors (Lipinski definition) is 3. The molecule has 4 heteroatoms. The second-order valence-electron chi connectivity index (χ2n) is 5.12. The molecule has 0 aliphatic carbocycles. The number of ether oxygens (including phenoxy) is 2. The van der Waals surface area contributed by atoms with Crippen molar-refractivity contribution in [2.24, 2.45) is 5.92 Å². The topological polar surface area (TPSA) is 30.5 Å². The van der Waals surface area contributed by atoms with Gasteiger partial charge in [-0.2, -0.15) is 0 Å². The van der Waals surface area contributed by atoms with E-state index in [1.54, 1.807) is 7.11 Å². The summed E-state index contributed by atoms with van der Waals surface area (Å²) >= 11 is 3.57. The van der Waals surface area contributed by atoms with Crippen molar-refractivity contribution in [1.29, 1.82) is 0 Å². The van der Waals surface area contributed by atoms with E-state index >= 15 is 0 Å². The fourth-order valence-electron chi connectivity index (χ4n) is 2.01. The Bertz CT molecular complexity index is 484. The molecule has 118 valence electrons. The Morgan fingerprint density at radius 2 is 2.05 bits per heavy atom. The van der Waals surface area contributed by atoms with Gasteiger partial charge in [-0.25, -0.2) is 0 Å². The molecule has 1 N–H and O–H groups in total. The van der Waals surface area contributed by atoms with E-state index in [0.717, 1.165) is 34.6 Å². The van der Waals surface area contributed by atoms with Crippen LogP contribution in [-0.4, -0.2) is 26.8 Å². The van der Waals surface area contributed by atoms with Crippen molar-refractivity contribution in [3.63, 3.8) is 0 Å². The molecule has 0 aliphatic rings. The summed E-state index contributed by atoms with van der Waals surface area (Å²) in [4.78, 5) is 0. The highest BCUT2D eigenvalue weighted by molar-refractivity contribution is 9.10. The molecule has 3 nitrogen and oxygen atoms in total. The highest BCUT2D eigenvalue weighted by Crippen LogP contribution is 2.37. The standard InChI is InChI=1S/C17H26BrNO2/c1-6-19-11-14(12(3)4)8-13-9-15(18)17(21-7-2)16(10-13)20-5/h8-10,12,19H,6-7,11H2,1-5H3. The van der Waals surface area contributed by atoms with Gasteiger partial charge in [0.2, 0.25) is 0 Å². The van der Waals surface area contributed by atoms with Gasteiger partial charge in [0, 0.05) is 6.54 Å². The minimum absolute atomic E-state index is 0.500. The number of benzene rings is 1. The van der Waals surface area contributed by atoms with Crippen LogP contribution < -0.4 is 14.8 Å². The molecule has 0 aromatic heterocycles. The second-order valence-corrected chi connectivity index (χ2v) is 5.98. The van der Waals surface area contributed by atoms with Gasteiger partial charge >= 0.3 is 0 Å². The summed E-state index contributed by atoms with van der Waals surface area (Å²) in [5.41, 5.74) is 2.48. The van der Waals surface area contributed by atoms with E-state index in [-0.39, 0.29) is 0 Å². The van der Waals surface area contributed by atoms with Gasteiger partial charge in [0.25, 0.3) is 0 Å². The van der Waals surface area contributed by atoms with Gasteiger partial charge in [-0.1, -0.05) is 32.4 Å². The fraction of sp³-hybridized carbons (Fsp3) is 0.529. The Kier molecular flexibility index (Phi) is 7.83. The van der Waals surface area contributed by atoms with E-state index in [4.69, 9.17) is 9.47 Å². The van der Waals surface area contributed by atoms with Crippen LogP contribution in [0.4, 0.5) is 0 Å². The predicted molar refractivity (Wildman–Crippen MR) is 93.2 cm³/mol. The SMILES string of the molecule is CCNCC(=Cc1cc(Br)c(OCC)c(OC)c1)C(C)C.